The van der Waals surface area contributed by atoms with E-state index in [1.54, 1.807) is 26.2 Å². The summed E-state index contributed by atoms with van der Waals surface area (Å²) in [7, 11) is 7.12. The van der Waals surface area contributed by atoms with E-state index in [0.717, 1.165) is 78.9 Å². The van der Waals surface area contributed by atoms with Crippen molar-refractivity contribution < 1.29 is 88.4 Å². The number of hydrogen-bond donors (Lipinski definition) is 13. The van der Waals surface area contributed by atoms with Gasteiger partial charge in [0.1, 0.15) is 52.0 Å². The number of phenolic OH excluding ortho intramolecular Hbond substituents is 2. The molecule has 3 aromatic carbocycles. The van der Waals surface area contributed by atoms with Crippen LogP contribution in [0.3, 0.4) is 0 Å². The quantitative estimate of drug-likeness (QED) is 0.0279. The zero-order chi connectivity index (χ0) is 64.9. The number of quaternary nitrogens is 1. The van der Waals surface area contributed by atoms with Crippen molar-refractivity contribution >= 4 is 52.7 Å². The number of aliphatic hydroxyl groups is 6. The molecule has 13 N–H and O–H groups in total. The van der Waals surface area contributed by atoms with Crippen LogP contribution >= 0.6 is 11.3 Å². The molecule has 4 heterocycles. The molecule has 28 heteroatoms. The zero-order valence-corrected chi connectivity index (χ0v) is 51.7. The SMILES string of the molecule is COCCCCCCCOc1ccc(-c2nnc(-c3ccc(C(=O)N[C@H]4C[C@H](O)CNC(=O)[C@@H]5[C@@H](O)[C@H](C)CN5C(=O)[C@H]([C@H](O)CC[N+](C)(C)C)NC(=O)[C@H]([C@H](O)Cc5ccc(O)c(O)c5)NC(=O)[C@@H]5C[C@H](O)CN5C(=O)[C@H]([C@H](C)O)NC4=O)cc3)s2)cc1. The normalized spacial score (nSPS) is 25.3. The first kappa shape index (κ1) is 69.1. The molecule has 7 rings (SSSR count). The van der Waals surface area contributed by atoms with Crippen LogP contribution in [0.4, 0.5) is 0 Å². The molecule has 13 atom stereocenters. The number of carbonyl (C=O) groups is 7. The standard InChI is InChI=1S/C61H84N10O17S/c1-33-31-70-51(52(33)79)57(84)62-30-39(73)28-42(63-53(80)36-13-15-37(16-14-36)58-67-68-59(89-58)38-17-19-41(20-18-38)88-25-11-9-7-8-10-24-87-6)54(81)64-48(34(2)72)60(85)69-32-40(74)29-43(69)55(82)65-49(47(78)27-35-12-21-44(75)46(77)26-35)56(83)66-50(61(70)86)45(76)22-23-71(3,4)5/h12-21,26,33-34,39-40,42-43,45,47-52,72-74,76,78-79H,7-11,22-25,27-32H2,1-6H3,(H6-,62,63,64,65,66,67,75,77,80,81,82,83,84)/p+1/t33-,34+,39+,40+,42+,43+,45-,47-,48+,49+,50+,51+,52+/m1/s1. The first-order chi connectivity index (χ1) is 42.2. The molecule has 0 radical (unpaired) electrons. The molecule has 0 aliphatic carbocycles. The smallest absolute Gasteiger partial charge is 0.251 e. The van der Waals surface area contributed by atoms with Crippen LogP contribution in [0.1, 0.15) is 81.1 Å². The Morgan fingerprint density at radius 2 is 1.31 bits per heavy atom. The van der Waals surface area contributed by atoms with E-state index < -0.39 is 164 Å². The van der Waals surface area contributed by atoms with Crippen molar-refractivity contribution in [3.8, 4) is 38.4 Å². The van der Waals surface area contributed by atoms with Crippen molar-refractivity contribution in [2.24, 2.45) is 5.92 Å². The molecule has 3 fully saturated rings. The first-order valence-corrected chi connectivity index (χ1v) is 30.7. The second kappa shape index (κ2) is 31.4. The van der Waals surface area contributed by atoms with Gasteiger partial charge in [0.25, 0.3) is 5.91 Å². The molecule has 4 aromatic rings. The third-order valence-corrected chi connectivity index (χ3v) is 17.0. The number of aliphatic hydroxyl groups excluding tert-OH is 6. The molecule has 3 saturated heterocycles. The number of nitrogens with zero attached hydrogens (tertiary/aromatic N) is 5. The summed E-state index contributed by atoms with van der Waals surface area (Å²) in [6, 6.07) is 6.27. The minimum atomic E-state index is -2.05. The molecule has 27 nitrogen and oxygen atoms in total. The maximum atomic E-state index is 14.9. The predicted molar refractivity (Wildman–Crippen MR) is 323 cm³/mol. The van der Waals surface area contributed by atoms with Crippen LogP contribution in [0.2, 0.25) is 0 Å². The van der Waals surface area contributed by atoms with Crippen LogP contribution in [-0.4, -0.2) is 247 Å². The number of methoxy groups -OCH3 is 1. The molecule has 3 aliphatic heterocycles. The number of β-amino-alcohol motifs (C(OH)–C–C–N with tert-alkyl or cyclic N) is 1. The lowest BCUT2D eigenvalue weighted by molar-refractivity contribution is -0.870. The molecule has 0 unspecified atom stereocenters. The summed E-state index contributed by atoms with van der Waals surface area (Å²) in [6.07, 6.45) is -6.40. The summed E-state index contributed by atoms with van der Waals surface area (Å²) in [4.78, 5) is 103. The Morgan fingerprint density at radius 3 is 1.94 bits per heavy atom. The van der Waals surface area contributed by atoms with E-state index in [4.69, 9.17) is 9.47 Å². The molecule has 3 aliphatic rings. The Hall–Kier alpha value is -7.41. The lowest BCUT2D eigenvalue weighted by atomic mass is 9.98. The minimum Gasteiger partial charge on any atom is -0.504 e. The van der Waals surface area contributed by atoms with E-state index in [0.29, 0.717) is 22.2 Å². The molecule has 7 amide bonds. The summed E-state index contributed by atoms with van der Waals surface area (Å²) in [5.74, 6) is -8.63. The molecule has 89 heavy (non-hydrogen) atoms. The molecular formula is C61H85N10O17S+. The Morgan fingerprint density at radius 1 is 0.708 bits per heavy atom. The van der Waals surface area contributed by atoms with Gasteiger partial charge in [-0.2, -0.15) is 0 Å². The highest BCUT2D eigenvalue weighted by Gasteiger charge is 2.50. The van der Waals surface area contributed by atoms with Gasteiger partial charge in [0.05, 0.1) is 70.9 Å². The van der Waals surface area contributed by atoms with Gasteiger partial charge >= 0.3 is 0 Å². The second-order valence-corrected chi connectivity index (χ2v) is 25.2. The van der Waals surface area contributed by atoms with Crippen LogP contribution < -0.4 is 31.3 Å². The fourth-order valence-electron chi connectivity index (χ4n) is 10.9. The Balaban J connectivity index is 1.15. The monoisotopic (exact) mass is 1260 g/mol. The van der Waals surface area contributed by atoms with Crippen molar-refractivity contribution in [1.29, 1.82) is 0 Å². The van der Waals surface area contributed by atoms with Crippen molar-refractivity contribution in [1.82, 2.24) is 46.6 Å². The van der Waals surface area contributed by atoms with E-state index >= 15 is 0 Å². The van der Waals surface area contributed by atoms with E-state index in [1.165, 1.54) is 29.5 Å². The van der Waals surface area contributed by atoms with Gasteiger partial charge in [-0.3, -0.25) is 33.6 Å². The van der Waals surface area contributed by atoms with Gasteiger partial charge < -0.3 is 91.2 Å². The fraction of sp³-hybridized carbons (Fsp3) is 0.557. The molecular weight excluding hydrogens is 1180 g/mol. The summed E-state index contributed by atoms with van der Waals surface area (Å²) < 4.78 is 11.3. The number of carbonyl (C=O) groups excluding carboxylic acids is 7. The maximum absolute atomic E-state index is 14.9. The zero-order valence-electron chi connectivity index (χ0n) is 50.9. The number of rotatable bonds is 21. The number of aromatic hydroxyl groups is 2. The van der Waals surface area contributed by atoms with E-state index in [-0.39, 0.29) is 35.1 Å². The van der Waals surface area contributed by atoms with E-state index in [1.807, 2.05) is 45.4 Å². The van der Waals surface area contributed by atoms with Crippen molar-refractivity contribution in [3.63, 3.8) is 0 Å². The highest BCUT2D eigenvalue weighted by atomic mass is 32.1. The van der Waals surface area contributed by atoms with E-state index in [2.05, 4.69) is 36.8 Å². The second-order valence-electron chi connectivity index (χ2n) is 24.2. The molecule has 0 spiro atoms. The maximum Gasteiger partial charge on any atom is 0.251 e. The average Bonchev–Trinajstić information content (AvgIpc) is 2.92. The number of fused-ring (bicyclic) bond motifs is 2. The highest BCUT2D eigenvalue weighted by Crippen LogP contribution is 2.32. The third kappa shape index (κ3) is 18.6. The van der Waals surface area contributed by atoms with Crippen molar-refractivity contribution in [3.05, 3.63) is 77.9 Å². The fourth-order valence-corrected chi connectivity index (χ4v) is 11.7. The van der Waals surface area contributed by atoms with Gasteiger partial charge in [-0.05, 0) is 73.9 Å². The number of benzene rings is 3. The minimum absolute atomic E-state index is 0.0359. The van der Waals surface area contributed by atoms with Crippen LogP contribution in [-0.2, 0) is 39.9 Å². The lowest BCUT2D eigenvalue weighted by Crippen LogP contribution is -2.64. The first-order valence-electron chi connectivity index (χ1n) is 29.9. The van der Waals surface area contributed by atoms with Gasteiger partial charge in [0.2, 0.25) is 35.4 Å². The lowest BCUT2D eigenvalue weighted by Gasteiger charge is -2.34. The Labute approximate surface area is 520 Å². The number of phenols is 2. The highest BCUT2D eigenvalue weighted by molar-refractivity contribution is 7.17. The third-order valence-electron chi connectivity index (χ3n) is 16.0. The number of aromatic nitrogens is 2. The van der Waals surface area contributed by atoms with E-state index in [9.17, 15) is 74.4 Å². The molecule has 486 valence electrons. The molecule has 0 saturated carbocycles. The van der Waals surface area contributed by atoms with Gasteiger partial charge in [0, 0.05) is 81.6 Å². The average molecular weight is 1260 g/mol. The predicted octanol–water partition coefficient (Wildman–Crippen LogP) is -0.696. The van der Waals surface area contributed by atoms with Crippen molar-refractivity contribution in [2.45, 2.75) is 145 Å². The Bertz CT molecular complexity index is 3070. The van der Waals surface area contributed by atoms with Crippen LogP contribution in [0, 0.1) is 5.92 Å². The van der Waals surface area contributed by atoms with Gasteiger partial charge in [-0.1, -0.05) is 55.7 Å². The summed E-state index contributed by atoms with van der Waals surface area (Å²) in [5.41, 5.74) is 1.60. The Kier molecular flexibility index (Phi) is 24.3. The number of amides is 7. The van der Waals surface area contributed by atoms with Gasteiger partial charge in [-0.25, -0.2) is 0 Å². The summed E-state index contributed by atoms with van der Waals surface area (Å²) >= 11 is 1.31. The largest absolute Gasteiger partial charge is 0.504 e. The topological polar surface area (TPSA) is 392 Å². The van der Waals surface area contributed by atoms with Gasteiger partial charge in [-0.15, -0.1) is 10.2 Å². The number of hydrogen-bond acceptors (Lipinski definition) is 20. The van der Waals surface area contributed by atoms with Gasteiger partial charge in [0.15, 0.2) is 11.5 Å². The summed E-state index contributed by atoms with van der Waals surface area (Å²) in [5, 5.41) is 111. The van der Waals surface area contributed by atoms with Crippen molar-refractivity contribution in [2.75, 3.05) is 67.6 Å². The van der Waals surface area contributed by atoms with Crippen LogP contribution in [0.15, 0.2) is 66.7 Å². The molecule has 0 bridgehead atoms. The summed E-state index contributed by atoms with van der Waals surface area (Å²) in [6.45, 7) is 2.84. The number of nitrogens with one attached hydrogen (secondary N) is 5. The van der Waals surface area contributed by atoms with Crippen LogP contribution in [0.25, 0.3) is 21.1 Å². The number of ether oxygens (including phenoxy) is 2. The number of unbranched alkanes of at least 4 members (excludes halogenated alkanes) is 4. The molecule has 1 aromatic heterocycles. The van der Waals surface area contributed by atoms with Crippen LogP contribution in [0.5, 0.6) is 17.2 Å².